The second kappa shape index (κ2) is 7.77. The first-order valence-electron chi connectivity index (χ1n) is 8.26. The molecule has 7 heteroatoms. The van der Waals surface area contributed by atoms with E-state index in [-0.39, 0.29) is 13.0 Å². The molecule has 0 N–H and O–H groups in total. The van der Waals surface area contributed by atoms with E-state index in [0.29, 0.717) is 28.8 Å². The van der Waals surface area contributed by atoms with Crippen molar-refractivity contribution < 1.29 is 19.1 Å². The summed E-state index contributed by atoms with van der Waals surface area (Å²) in [5.74, 6) is 0.319. The summed E-state index contributed by atoms with van der Waals surface area (Å²) < 4.78 is 12.0. The Hall–Kier alpha value is -3.22. The number of carbonyl (C=O) groups excluding carboxylic acids is 2. The Morgan fingerprint density at radius 2 is 2.00 bits per heavy atom. The van der Waals surface area contributed by atoms with E-state index in [4.69, 9.17) is 9.47 Å². The number of ether oxygens (including phenoxy) is 2. The van der Waals surface area contributed by atoms with E-state index in [1.165, 1.54) is 0 Å². The van der Waals surface area contributed by atoms with Gasteiger partial charge in [-0.1, -0.05) is 12.1 Å². The van der Waals surface area contributed by atoms with Crippen LogP contribution in [0.25, 0.3) is 11.0 Å². The number of aromatic nitrogens is 3. The number of pyridine rings is 1. The number of esters is 1. The van der Waals surface area contributed by atoms with Crippen molar-refractivity contribution in [3.05, 3.63) is 53.3 Å². The Morgan fingerprint density at radius 1 is 1.23 bits per heavy atom. The van der Waals surface area contributed by atoms with Crippen molar-refractivity contribution in [2.24, 2.45) is 0 Å². The molecule has 0 atom stereocenters. The second-order valence-electron chi connectivity index (χ2n) is 5.60. The second-order valence-corrected chi connectivity index (χ2v) is 5.60. The lowest BCUT2D eigenvalue weighted by molar-refractivity contribution is -0.107. The Labute approximate surface area is 150 Å². The van der Waals surface area contributed by atoms with E-state index in [1.807, 2.05) is 24.3 Å². The summed E-state index contributed by atoms with van der Waals surface area (Å²) in [4.78, 5) is 27.7. The van der Waals surface area contributed by atoms with Gasteiger partial charge in [0, 0.05) is 12.6 Å². The summed E-state index contributed by atoms with van der Waals surface area (Å²) in [5, 5.41) is 5.07. The summed E-state index contributed by atoms with van der Waals surface area (Å²) in [6.07, 6.45) is 2.41. The molecule has 2 aromatic heterocycles. The van der Waals surface area contributed by atoms with Crippen molar-refractivity contribution in [2.45, 2.75) is 19.9 Å². The number of fused-ring (bicyclic) bond motifs is 1. The number of benzene rings is 1. The van der Waals surface area contributed by atoms with Crippen molar-refractivity contribution in [1.82, 2.24) is 14.8 Å². The van der Waals surface area contributed by atoms with Crippen LogP contribution in [0.5, 0.6) is 5.75 Å². The molecular weight excluding hydrogens is 334 g/mol. The highest BCUT2D eigenvalue weighted by Gasteiger charge is 2.20. The Balaban J connectivity index is 2.06. The van der Waals surface area contributed by atoms with E-state index in [9.17, 15) is 9.59 Å². The van der Waals surface area contributed by atoms with Crippen LogP contribution in [-0.4, -0.2) is 40.7 Å². The highest BCUT2D eigenvalue weighted by Crippen LogP contribution is 2.23. The Kier molecular flexibility index (Phi) is 5.26. The summed E-state index contributed by atoms with van der Waals surface area (Å²) in [6, 6.07) is 9.19. The van der Waals surface area contributed by atoms with Crippen molar-refractivity contribution in [3.63, 3.8) is 0 Å². The molecule has 0 saturated carbocycles. The van der Waals surface area contributed by atoms with Crippen molar-refractivity contribution in [3.8, 4) is 5.75 Å². The first-order valence-corrected chi connectivity index (χ1v) is 8.26. The number of rotatable bonds is 7. The fraction of sp³-hybridized carbons (Fsp3) is 0.263. The van der Waals surface area contributed by atoms with Gasteiger partial charge in [0.15, 0.2) is 5.65 Å². The average Bonchev–Trinajstić information content (AvgIpc) is 3.00. The van der Waals surface area contributed by atoms with Gasteiger partial charge in [-0.05, 0) is 30.7 Å². The lowest BCUT2D eigenvalue weighted by atomic mass is 10.1. The molecule has 0 fully saturated rings. The van der Waals surface area contributed by atoms with E-state index in [2.05, 4.69) is 10.1 Å². The third-order valence-electron chi connectivity index (χ3n) is 3.97. The Morgan fingerprint density at radius 3 is 2.65 bits per heavy atom. The minimum atomic E-state index is -0.448. The first-order chi connectivity index (χ1) is 12.7. The molecule has 0 unspecified atom stereocenters. The van der Waals surface area contributed by atoms with Crippen LogP contribution in [0.3, 0.4) is 0 Å². The minimum absolute atomic E-state index is 0.101. The molecule has 26 heavy (non-hydrogen) atoms. The SMILES string of the molecule is CCOC(=O)c1ccnc2c1c(CC=O)nn2Cc1ccc(OC)cc1. The number of methoxy groups -OCH3 is 1. The largest absolute Gasteiger partial charge is 0.497 e. The molecule has 0 aliphatic rings. The van der Waals surface area contributed by atoms with Gasteiger partial charge in [0.05, 0.1) is 36.9 Å². The van der Waals surface area contributed by atoms with Crippen LogP contribution < -0.4 is 4.74 Å². The number of carbonyl (C=O) groups is 2. The molecule has 0 amide bonds. The maximum atomic E-state index is 12.3. The molecule has 3 rings (SSSR count). The molecule has 0 saturated heterocycles. The van der Waals surface area contributed by atoms with Crippen LogP contribution in [0.1, 0.15) is 28.5 Å². The quantitative estimate of drug-likeness (QED) is 0.479. The summed E-state index contributed by atoms with van der Waals surface area (Å²) in [5.41, 5.74) is 2.42. The monoisotopic (exact) mass is 353 g/mol. The highest BCUT2D eigenvalue weighted by atomic mass is 16.5. The van der Waals surface area contributed by atoms with E-state index >= 15 is 0 Å². The van der Waals surface area contributed by atoms with Gasteiger partial charge in [-0.2, -0.15) is 5.10 Å². The van der Waals surface area contributed by atoms with Gasteiger partial charge in [-0.3, -0.25) is 0 Å². The molecule has 0 aliphatic carbocycles. The zero-order chi connectivity index (χ0) is 18.5. The fourth-order valence-corrected chi connectivity index (χ4v) is 2.79. The summed E-state index contributed by atoms with van der Waals surface area (Å²) in [7, 11) is 1.61. The van der Waals surface area contributed by atoms with Gasteiger partial charge in [-0.25, -0.2) is 14.5 Å². The van der Waals surface area contributed by atoms with Gasteiger partial charge in [0.25, 0.3) is 0 Å². The maximum absolute atomic E-state index is 12.3. The maximum Gasteiger partial charge on any atom is 0.338 e. The van der Waals surface area contributed by atoms with Crippen LogP contribution in [0, 0.1) is 0 Å². The zero-order valence-electron chi connectivity index (χ0n) is 14.6. The number of hydrogen-bond acceptors (Lipinski definition) is 6. The van der Waals surface area contributed by atoms with Crippen LogP contribution in [-0.2, 0) is 22.5 Å². The average molecular weight is 353 g/mol. The normalized spacial score (nSPS) is 10.7. The third kappa shape index (κ3) is 3.42. The van der Waals surface area contributed by atoms with Crippen LogP contribution in [0.15, 0.2) is 36.5 Å². The van der Waals surface area contributed by atoms with E-state index in [1.54, 1.807) is 31.0 Å². The number of hydrogen-bond donors (Lipinski definition) is 0. The lowest BCUT2D eigenvalue weighted by Crippen LogP contribution is -2.07. The molecule has 134 valence electrons. The third-order valence-corrected chi connectivity index (χ3v) is 3.97. The smallest absolute Gasteiger partial charge is 0.338 e. The van der Waals surface area contributed by atoms with Crippen LogP contribution >= 0.6 is 0 Å². The van der Waals surface area contributed by atoms with Crippen LogP contribution in [0.2, 0.25) is 0 Å². The molecule has 7 nitrogen and oxygen atoms in total. The molecule has 3 aromatic rings. The predicted octanol–water partition coefficient (Wildman–Crippen LogP) is 2.41. The number of aldehydes is 1. The van der Waals surface area contributed by atoms with Crippen molar-refractivity contribution in [1.29, 1.82) is 0 Å². The minimum Gasteiger partial charge on any atom is -0.497 e. The zero-order valence-corrected chi connectivity index (χ0v) is 14.6. The highest BCUT2D eigenvalue weighted by molar-refractivity contribution is 6.04. The predicted molar refractivity (Wildman–Crippen MR) is 95.3 cm³/mol. The fourth-order valence-electron chi connectivity index (χ4n) is 2.79. The molecule has 0 spiro atoms. The van der Waals surface area contributed by atoms with Gasteiger partial charge >= 0.3 is 5.97 Å². The van der Waals surface area contributed by atoms with E-state index < -0.39 is 5.97 Å². The van der Waals surface area contributed by atoms with Gasteiger partial charge in [0.1, 0.15) is 12.0 Å². The van der Waals surface area contributed by atoms with E-state index in [0.717, 1.165) is 17.6 Å². The topological polar surface area (TPSA) is 83.3 Å². The Bertz CT molecular complexity index is 932. The standard InChI is InChI=1S/C19H19N3O4/c1-3-26-19(24)15-8-10-20-18-17(15)16(9-11-23)21-22(18)12-13-4-6-14(25-2)7-5-13/h4-8,10-11H,3,9,12H2,1-2H3. The molecular formula is C19H19N3O4. The van der Waals surface area contributed by atoms with Gasteiger partial charge in [0.2, 0.25) is 0 Å². The molecule has 1 aromatic carbocycles. The van der Waals surface area contributed by atoms with Gasteiger partial charge < -0.3 is 14.3 Å². The number of nitrogens with zero attached hydrogens (tertiary/aromatic N) is 3. The van der Waals surface area contributed by atoms with Crippen molar-refractivity contribution in [2.75, 3.05) is 13.7 Å². The lowest BCUT2D eigenvalue weighted by Gasteiger charge is -2.06. The molecule has 0 bridgehead atoms. The van der Waals surface area contributed by atoms with Crippen LogP contribution in [0.4, 0.5) is 0 Å². The first kappa shape index (κ1) is 17.6. The molecule has 0 aliphatic heterocycles. The molecule has 0 radical (unpaired) electrons. The van der Waals surface area contributed by atoms with Crippen molar-refractivity contribution >= 4 is 23.3 Å². The summed E-state index contributed by atoms with van der Waals surface area (Å²) >= 11 is 0. The van der Waals surface area contributed by atoms with Gasteiger partial charge in [-0.15, -0.1) is 0 Å². The molecule has 2 heterocycles. The summed E-state index contributed by atoms with van der Waals surface area (Å²) in [6.45, 7) is 2.47.